The molecule has 0 radical (unpaired) electrons. The second-order valence-corrected chi connectivity index (χ2v) is 5.81. The van der Waals surface area contributed by atoms with Crippen LogP contribution in [0.15, 0.2) is 0 Å². The van der Waals surface area contributed by atoms with Gasteiger partial charge in [-0.05, 0) is 19.4 Å². The van der Waals surface area contributed by atoms with Crippen molar-refractivity contribution in [3.8, 4) is 0 Å². The van der Waals surface area contributed by atoms with Gasteiger partial charge in [0.05, 0.1) is 6.10 Å². The molecular formula is C13H27N3O. The van der Waals surface area contributed by atoms with Crippen LogP contribution < -0.4 is 5.32 Å². The summed E-state index contributed by atoms with van der Waals surface area (Å²) in [4.78, 5) is 5.04. The summed E-state index contributed by atoms with van der Waals surface area (Å²) >= 11 is 0. The number of hydrogen-bond acceptors (Lipinski definition) is 4. The first-order valence-corrected chi connectivity index (χ1v) is 7.03. The van der Waals surface area contributed by atoms with Gasteiger partial charge in [0.25, 0.3) is 0 Å². The van der Waals surface area contributed by atoms with Gasteiger partial charge in [-0.1, -0.05) is 13.8 Å². The molecule has 2 aliphatic heterocycles. The minimum absolute atomic E-state index is 0.231. The summed E-state index contributed by atoms with van der Waals surface area (Å²) in [6.07, 6.45) is 2.47. The fraction of sp³-hybridized carbons (Fsp3) is 1.00. The molecule has 0 aromatic heterocycles. The zero-order chi connectivity index (χ0) is 12.3. The predicted molar refractivity (Wildman–Crippen MR) is 70.2 cm³/mol. The summed E-state index contributed by atoms with van der Waals surface area (Å²) < 4.78 is 0. The smallest absolute Gasteiger partial charge is 0.0791 e. The first kappa shape index (κ1) is 13.3. The first-order valence-electron chi connectivity index (χ1n) is 7.03. The predicted octanol–water partition coefficient (Wildman–Crippen LogP) is 0.125. The molecule has 100 valence electrons. The van der Waals surface area contributed by atoms with Crippen LogP contribution in [0, 0.1) is 0 Å². The van der Waals surface area contributed by atoms with E-state index in [0.717, 1.165) is 25.7 Å². The summed E-state index contributed by atoms with van der Waals surface area (Å²) in [6, 6.07) is 1.21. The van der Waals surface area contributed by atoms with Gasteiger partial charge < -0.3 is 10.4 Å². The second kappa shape index (κ2) is 6.14. The normalized spacial score (nSPS) is 28.6. The topological polar surface area (TPSA) is 38.7 Å². The van der Waals surface area contributed by atoms with E-state index in [9.17, 15) is 5.11 Å². The monoisotopic (exact) mass is 241 g/mol. The summed E-state index contributed by atoms with van der Waals surface area (Å²) in [5, 5.41) is 13.3. The molecule has 0 aromatic carbocycles. The third-order valence-corrected chi connectivity index (χ3v) is 3.90. The molecule has 0 saturated carbocycles. The molecule has 4 nitrogen and oxygen atoms in total. The van der Waals surface area contributed by atoms with Gasteiger partial charge >= 0.3 is 0 Å². The van der Waals surface area contributed by atoms with Crippen LogP contribution in [0.3, 0.4) is 0 Å². The number of aliphatic hydroxyl groups is 1. The van der Waals surface area contributed by atoms with E-state index in [1.165, 1.54) is 25.9 Å². The minimum Gasteiger partial charge on any atom is -0.390 e. The Labute approximate surface area is 105 Å². The van der Waals surface area contributed by atoms with Crippen molar-refractivity contribution in [3.05, 3.63) is 0 Å². The molecule has 2 heterocycles. The van der Waals surface area contributed by atoms with Gasteiger partial charge in [0.15, 0.2) is 0 Å². The second-order valence-electron chi connectivity index (χ2n) is 5.81. The molecule has 4 heteroatoms. The number of rotatable bonds is 5. The maximum Gasteiger partial charge on any atom is 0.0791 e. The van der Waals surface area contributed by atoms with E-state index in [2.05, 4.69) is 29.0 Å². The highest BCUT2D eigenvalue weighted by molar-refractivity contribution is 4.87. The number of nitrogens with zero attached hydrogens (tertiary/aromatic N) is 2. The van der Waals surface area contributed by atoms with Crippen molar-refractivity contribution in [2.45, 2.75) is 44.9 Å². The maximum atomic E-state index is 9.97. The number of aliphatic hydroxyl groups excluding tert-OH is 1. The molecule has 2 unspecified atom stereocenters. The van der Waals surface area contributed by atoms with E-state index in [1.54, 1.807) is 0 Å². The fourth-order valence-electron chi connectivity index (χ4n) is 2.96. The van der Waals surface area contributed by atoms with E-state index in [-0.39, 0.29) is 6.10 Å². The maximum absolute atomic E-state index is 9.97. The quantitative estimate of drug-likeness (QED) is 0.717. The van der Waals surface area contributed by atoms with Gasteiger partial charge in [-0.25, -0.2) is 0 Å². The molecule has 0 bridgehead atoms. The standard InChI is InChI=1S/C13H27N3O/c1-11(2)14-8-13(17)10-15-6-7-16-5-3-4-12(16)9-15/h11-14,17H,3-10H2,1-2H3. The summed E-state index contributed by atoms with van der Waals surface area (Å²) in [6.45, 7) is 10.5. The van der Waals surface area contributed by atoms with Crippen LogP contribution in [0.1, 0.15) is 26.7 Å². The van der Waals surface area contributed by atoms with Gasteiger partial charge in [-0.3, -0.25) is 9.80 Å². The third kappa shape index (κ3) is 3.91. The molecule has 0 aliphatic carbocycles. The number of nitrogens with one attached hydrogen (secondary N) is 1. The molecule has 2 saturated heterocycles. The summed E-state index contributed by atoms with van der Waals surface area (Å²) in [5.74, 6) is 0. The van der Waals surface area contributed by atoms with Crippen LogP contribution in [-0.2, 0) is 0 Å². The number of hydrogen-bond donors (Lipinski definition) is 2. The molecule has 2 atom stereocenters. The highest BCUT2D eigenvalue weighted by Gasteiger charge is 2.30. The third-order valence-electron chi connectivity index (χ3n) is 3.90. The van der Waals surface area contributed by atoms with Gasteiger partial charge in [-0.15, -0.1) is 0 Å². The zero-order valence-corrected chi connectivity index (χ0v) is 11.2. The largest absolute Gasteiger partial charge is 0.390 e. The van der Waals surface area contributed by atoms with Crippen LogP contribution in [0.2, 0.25) is 0 Å². The molecule has 0 aromatic rings. The number of piperazine rings is 1. The Morgan fingerprint density at radius 1 is 1.29 bits per heavy atom. The molecule has 0 spiro atoms. The zero-order valence-electron chi connectivity index (χ0n) is 11.2. The van der Waals surface area contributed by atoms with E-state index in [0.29, 0.717) is 12.6 Å². The average Bonchev–Trinajstić information content (AvgIpc) is 2.73. The highest BCUT2D eigenvalue weighted by Crippen LogP contribution is 2.21. The van der Waals surface area contributed by atoms with E-state index in [4.69, 9.17) is 0 Å². The van der Waals surface area contributed by atoms with Gasteiger partial charge in [0, 0.05) is 44.8 Å². The van der Waals surface area contributed by atoms with E-state index < -0.39 is 0 Å². The van der Waals surface area contributed by atoms with Crippen LogP contribution in [0.4, 0.5) is 0 Å². The minimum atomic E-state index is -0.231. The van der Waals surface area contributed by atoms with Crippen molar-refractivity contribution in [2.75, 3.05) is 39.3 Å². The lowest BCUT2D eigenvalue weighted by Gasteiger charge is -2.38. The van der Waals surface area contributed by atoms with Crippen LogP contribution in [0.25, 0.3) is 0 Å². The average molecular weight is 241 g/mol. The Hall–Kier alpha value is -0.160. The van der Waals surface area contributed by atoms with Gasteiger partial charge in [0.2, 0.25) is 0 Å². The fourth-order valence-corrected chi connectivity index (χ4v) is 2.96. The van der Waals surface area contributed by atoms with E-state index in [1.807, 2.05) is 0 Å². The lowest BCUT2D eigenvalue weighted by Crippen LogP contribution is -2.52. The Morgan fingerprint density at radius 2 is 2.12 bits per heavy atom. The molecule has 2 aliphatic rings. The molecule has 2 rings (SSSR count). The Bertz CT molecular complexity index is 235. The van der Waals surface area contributed by atoms with Crippen LogP contribution in [0.5, 0.6) is 0 Å². The lowest BCUT2D eigenvalue weighted by atomic mass is 10.1. The van der Waals surface area contributed by atoms with Crippen LogP contribution >= 0.6 is 0 Å². The lowest BCUT2D eigenvalue weighted by molar-refractivity contribution is 0.0562. The Kier molecular flexibility index (Phi) is 4.79. The molecule has 0 amide bonds. The van der Waals surface area contributed by atoms with E-state index >= 15 is 0 Å². The van der Waals surface area contributed by atoms with Crippen molar-refractivity contribution >= 4 is 0 Å². The van der Waals surface area contributed by atoms with Gasteiger partial charge in [0.1, 0.15) is 0 Å². The van der Waals surface area contributed by atoms with Crippen molar-refractivity contribution in [2.24, 2.45) is 0 Å². The Morgan fingerprint density at radius 3 is 2.88 bits per heavy atom. The van der Waals surface area contributed by atoms with Crippen molar-refractivity contribution in [3.63, 3.8) is 0 Å². The van der Waals surface area contributed by atoms with Crippen molar-refractivity contribution < 1.29 is 5.11 Å². The Balaban J connectivity index is 1.68. The summed E-state index contributed by atoms with van der Waals surface area (Å²) in [5.41, 5.74) is 0. The molecule has 17 heavy (non-hydrogen) atoms. The van der Waals surface area contributed by atoms with Crippen molar-refractivity contribution in [1.29, 1.82) is 0 Å². The molecular weight excluding hydrogens is 214 g/mol. The first-order chi connectivity index (χ1) is 8.15. The SMILES string of the molecule is CC(C)NCC(O)CN1CCN2CCCC2C1. The summed E-state index contributed by atoms with van der Waals surface area (Å²) in [7, 11) is 0. The molecule has 2 N–H and O–H groups in total. The number of fused-ring (bicyclic) bond motifs is 1. The van der Waals surface area contributed by atoms with Crippen LogP contribution in [-0.4, -0.2) is 72.4 Å². The molecule has 2 fully saturated rings. The highest BCUT2D eigenvalue weighted by atomic mass is 16.3. The van der Waals surface area contributed by atoms with Crippen molar-refractivity contribution in [1.82, 2.24) is 15.1 Å². The number of β-amino-alcohol motifs (C(OH)–C–C–N with tert-alkyl or cyclic N) is 1. The van der Waals surface area contributed by atoms with Gasteiger partial charge in [-0.2, -0.15) is 0 Å².